The Morgan fingerprint density at radius 3 is 2.56 bits per heavy atom. The van der Waals surface area contributed by atoms with E-state index in [0.29, 0.717) is 18.1 Å². The Bertz CT molecular complexity index is 371. The van der Waals surface area contributed by atoms with E-state index in [9.17, 15) is 4.79 Å². The lowest BCUT2D eigenvalue weighted by Crippen LogP contribution is -2.09. The first-order valence-corrected chi connectivity index (χ1v) is 5.30. The number of aromatic carboxylic acids is 1. The summed E-state index contributed by atoms with van der Waals surface area (Å²) >= 11 is 0. The lowest BCUT2D eigenvalue weighted by Gasteiger charge is -2.13. The average Bonchev–Trinajstić information content (AvgIpc) is 2.57. The van der Waals surface area contributed by atoms with Gasteiger partial charge in [0.25, 0.3) is 0 Å². The highest BCUT2D eigenvalue weighted by atomic mass is 16.5. The molecule has 0 aliphatic rings. The molecule has 0 radical (unpaired) electrons. The topological polar surface area (TPSA) is 59.7 Å². The number of hydrogen-bond acceptors (Lipinski definition) is 3. The van der Waals surface area contributed by atoms with Crippen molar-refractivity contribution in [1.29, 1.82) is 0 Å². The molecule has 1 rings (SSSR count). The van der Waals surface area contributed by atoms with Crippen molar-refractivity contribution in [3.05, 3.63) is 23.2 Å². The number of ether oxygens (including phenoxy) is 1. The first-order chi connectivity index (χ1) is 7.36. The Balaban J connectivity index is 3.05. The molecule has 0 unspecified atom stereocenters. The zero-order valence-corrected chi connectivity index (χ0v) is 10.2. The number of rotatable bonds is 4. The van der Waals surface area contributed by atoms with Gasteiger partial charge in [-0.15, -0.1) is 0 Å². The van der Waals surface area contributed by atoms with Crippen LogP contribution in [0.4, 0.5) is 0 Å². The molecule has 4 nitrogen and oxygen atoms in total. The summed E-state index contributed by atoms with van der Waals surface area (Å²) in [6, 6.07) is 1.58. The summed E-state index contributed by atoms with van der Waals surface area (Å²) in [4.78, 5) is 11.0. The Morgan fingerprint density at radius 1 is 1.50 bits per heavy atom. The van der Waals surface area contributed by atoms with E-state index in [4.69, 9.17) is 14.3 Å². The summed E-state index contributed by atoms with van der Waals surface area (Å²) in [5, 5.41) is 9.03. The Morgan fingerprint density at radius 2 is 2.12 bits per heavy atom. The number of carboxylic acids is 1. The average molecular weight is 226 g/mol. The first kappa shape index (κ1) is 12.8. The van der Waals surface area contributed by atoms with Crippen LogP contribution in [-0.4, -0.2) is 17.7 Å². The fraction of sp³-hybridized carbons (Fsp3) is 0.583. The number of carbonyl (C=O) groups is 1. The minimum absolute atomic E-state index is 0.193. The van der Waals surface area contributed by atoms with Crippen LogP contribution in [0.25, 0.3) is 0 Å². The van der Waals surface area contributed by atoms with Crippen LogP contribution < -0.4 is 0 Å². The molecule has 0 aliphatic heterocycles. The molecule has 0 fully saturated rings. The second-order valence-electron chi connectivity index (χ2n) is 4.64. The summed E-state index contributed by atoms with van der Waals surface area (Å²) in [6.07, 6.45) is 0. The van der Waals surface area contributed by atoms with Crippen LogP contribution in [0.3, 0.4) is 0 Å². The molecule has 0 saturated carbocycles. The lowest BCUT2D eigenvalue weighted by atomic mass is 9.93. The third kappa shape index (κ3) is 2.85. The van der Waals surface area contributed by atoms with Crippen LogP contribution in [0, 0.1) is 0 Å². The molecule has 0 spiro atoms. The van der Waals surface area contributed by atoms with Crippen LogP contribution in [0.1, 0.15) is 49.6 Å². The summed E-state index contributed by atoms with van der Waals surface area (Å²) in [7, 11) is 0. The van der Waals surface area contributed by atoms with Crippen molar-refractivity contribution in [3.63, 3.8) is 0 Å². The number of hydrogen-bond donors (Lipinski definition) is 1. The first-order valence-electron chi connectivity index (χ1n) is 5.30. The van der Waals surface area contributed by atoms with Crippen molar-refractivity contribution >= 4 is 5.97 Å². The van der Waals surface area contributed by atoms with Gasteiger partial charge in [0.2, 0.25) is 0 Å². The molecule has 1 heterocycles. The lowest BCUT2D eigenvalue weighted by molar-refractivity contribution is 0.0682. The highest BCUT2D eigenvalue weighted by Crippen LogP contribution is 2.27. The van der Waals surface area contributed by atoms with Gasteiger partial charge in [0.05, 0.1) is 0 Å². The highest BCUT2D eigenvalue weighted by Gasteiger charge is 2.24. The second-order valence-corrected chi connectivity index (χ2v) is 4.64. The minimum Gasteiger partial charge on any atom is -0.478 e. The largest absolute Gasteiger partial charge is 0.478 e. The number of carboxylic acid groups (broad SMARTS) is 1. The monoisotopic (exact) mass is 226 g/mol. The van der Waals surface area contributed by atoms with Crippen molar-refractivity contribution in [3.8, 4) is 0 Å². The van der Waals surface area contributed by atoms with Crippen molar-refractivity contribution in [2.45, 2.75) is 39.7 Å². The quantitative estimate of drug-likeness (QED) is 0.857. The predicted octanol–water partition coefficient (Wildman–Crippen LogP) is 2.81. The molecule has 0 aliphatic carbocycles. The highest BCUT2D eigenvalue weighted by molar-refractivity contribution is 5.89. The Kier molecular flexibility index (Phi) is 3.75. The maximum absolute atomic E-state index is 11.0. The normalized spacial score (nSPS) is 11.8. The van der Waals surface area contributed by atoms with Crippen LogP contribution in [0.5, 0.6) is 0 Å². The van der Waals surface area contributed by atoms with Crippen molar-refractivity contribution in [1.82, 2.24) is 0 Å². The van der Waals surface area contributed by atoms with E-state index in [2.05, 4.69) is 0 Å². The van der Waals surface area contributed by atoms with Gasteiger partial charge in [-0.05, 0) is 13.0 Å². The fourth-order valence-corrected chi connectivity index (χ4v) is 1.28. The zero-order chi connectivity index (χ0) is 12.3. The SMILES string of the molecule is CCOCc1oc(C(C)(C)C)cc1C(=O)O. The van der Waals surface area contributed by atoms with Gasteiger partial charge < -0.3 is 14.3 Å². The van der Waals surface area contributed by atoms with E-state index in [0.717, 1.165) is 0 Å². The molecule has 0 saturated heterocycles. The van der Waals surface area contributed by atoms with E-state index in [1.165, 1.54) is 0 Å². The molecule has 1 aromatic heterocycles. The molecule has 1 aromatic rings. The van der Waals surface area contributed by atoms with E-state index in [-0.39, 0.29) is 17.6 Å². The molecule has 0 bridgehead atoms. The molecular weight excluding hydrogens is 208 g/mol. The van der Waals surface area contributed by atoms with E-state index in [1.54, 1.807) is 6.07 Å². The third-order valence-electron chi connectivity index (χ3n) is 2.22. The van der Waals surface area contributed by atoms with Gasteiger partial charge in [0.1, 0.15) is 23.7 Å². The number of furan rings is 1. The molecule has 0 atom stereocenters. The summed E-state index contributed by atoms with van der Waals surface area (Å²) in [6.45, 7) is 8.51. The molecule has 0 aromatic carbocycles. The van der Waals surface area contributed by atoms with Gasteiger partial charge in [-0.25, -0.2) is 4.79 Å². The van der Waals surface area contributed by atoms with Gasteiger partial charge in [-0.1, -0.05) is 20.8 Å². The third-order valence-corrected chi connectivity index (χ3v) is 2.22. The molecule has 90 valence electrons. The van der Waals surface area contributed by atoms with Crippen LogP contribution in [0.15, 0.2) is 10.5 Å². The van der Waals surface area contributed by atoms with Crippen LogP contribution in [-0.2, 0) is 16.8 Å². The fourth-order valence-electron chi connectivity index (χ4n) is 1.28. The Hall–Kier alpha value is -1.29. The van der Waals surface area contributed by atoms with Gasteiger partial charge in [-0.2, -0.15) is 0 Å². The molecule has 4 heteroatoms. The van der Waals surface area contributed by atoms with Gasteiger partial charge >= 0.3 is 5.97 Å². The van der Waals surface area contributed by atoms with E-state index < -0.39 is 5.97 Å². The maximum Gasteiger partial charge on any atom is 0.339 e. The van der Waals surface area contributed by atoms with Crippen LogP contribution >= 0.6 is 0 Å². The summed E-state index contributed by atoms with van der Waals surface area (Å²) in [5.74, 6) is 0.0767. The second kappa shape index (κ2) is 4.70. The smallest absolute Gasteiger partial charge is 0.339 e. The predicted molar refractivity (Wildman–Crippen MR) is 59.7 cm³/mol. The minimum atomic E-state index is -0.978. The van der Waals surface area contributed by atoms with Crippen LogP contribution in [0.2, 0.25) is 0 Å². The van der Waals surface area contributed by atoms with Crippen molar-refractivity contribution in [2.24, 2.45) is 0 Å². The summed E-state index contributed by atoms with van der Waals surface area (Å²) in [5.41, 5.74) is -0.00680. The maximum atomic E-state index is 11.0. The summed E-state index contributed by atoms with van der Waals surface area (Å²) < 4.78 is 10.7. The van der Waals surface area contributed by atoms with Gasteiger partial charge in [0, 0.05) is 12.0 Å². The molecule has 16 heavy (non-hydrogen) atoms. The molecule has 1 N–H and O–H groups in total. The van der Waals surface area contributed by atoms with E-state index in [1.807, 2.05) is 27.7 Å². The van der Waals surface area contributed by atoms with Crippen molar-refractivity contribution in [2.75, 3.05) is 6.61 Å². The standard InChI is InChI=1S/C12H18O4/c1-5-15-7-9-8(11(13)14)6-10(16-9)12(2,3)4/h6H,5,7H2,1-4H3,(H,13,14). The van der Waals surface area contributed by atoms with Crippen molar-refractivity contribution < 1.29 is 19.1 Å². The van der Waals surface area contributed by atoms with Gasteiger partial charge in [-0.3, -0.25) is 0 Å². The molecular formula is C12H18O4. The Labute approximate surface area is 95.2 Å². The van der Waals surface area contributed by atoms with E-state index >= 15 is 0 Å². The zero-order valence-electron chi connectivity index (χ0n) is 10.2. The molecule has 0 amide bonds. The van der Waals surface area contributed by atoms with Gasteiger partial charge in [0.15, 0.2) is 0 Å².